The molecule has 1 aromatic heterocycles. The summed E-state index contributed by atoms with van der Waals surface area (Å²) in [5.41, 5.74) is 0.793. The average molecular weight is 283 g/mol. The zero-order chi connectivity index (χ0) is 11.0. The maximum Gasteiger partial charge on any atom is 0.0632 e. The lowest BCUT2D eigenvalue weighted by molar-refractivity contribution is 0.0508. The third-order valence-electron chi connectivity index (χ3n) is 4.63. The molecule has 0 aliphatic heterocycles. The van der Waals surface area contributed by atoms with Gasteiger partial charge in [0.25, 0.3) is 0 Å². The highest BCUT2D eigenvalue weighted by Gasteiger charge is 2.39. The second-order valence-electron chi connectivity index (χ2n) is 5.68. The molecule has 0 atom stereocenters. The van der Waals surface area contributed by atoms with Gasteiger partial charge in [-0.05, 0) is 65.8 Å². The van der Waals surface area contributed by atoms with Gasteiger partial charge in [0.2, 0.25) is 0 Å². The van der Waals surface area contributed by atoms with Crippen molar-refractivity contribution < 1.29 is 0 Å². The van der Waals surface area contributed by atoms with Gasteiger partial charge in [-0.1, -0.05) is 6.42 Å². The van der Waals surface area contributed by atoms with Gasteiger partial charge < -0.3 is 0 Å². The molecule has 2 fully saturated rings. The molecule has 0 radical (unpaired) electrons. The summed E-state index contributed by atoms with van der Waals surface area (Å²) in [5, 5.41) is 4.35. The summed E-state index contributed by atoms with van der Waals surface area (Å²) in [7, 11) is 0. The zero-order valence-corrected chi connectivity index (χ0v) is 11.2. The fourth-order valence-corrected chi connectivity index (χ4v) is 3.68. The quantitative estimate of drug-likeness (QED) is 0.802. The van der Waals surface area contributed by atoms with Gasteiger partial charge in [0.05, 0.1) is 10.7 Å². The SMILES string of the molecule is Brc1cnn(CC2CCC3(CCC3)CC2)c1. The molecule has 0 unspecified atom stereocenters. The number of halogens is 1. The lowest BCUT2D eigenvalue weighted by atomic mass is 9.59. The van der Waals surface area contributed by atoms with Gasteiger partial charge in [0.1, 0.15) is 0 Å². The van der Waals surface area contributed by atoms with Crippen LogP contribution in [0.1, 0.15) is 44.9 Å². The Morgan fingerprint density at radius 1 is 1.31 bits per heavy atom. The van der Waals surface area contributed by atoms with Gasteiger partial charge in [0.15, 0.2) is 0 Å². The van der Waals surface area contributed by atoms with E-state index < -0.39 is 0 Å². The van der Waals surface area contributed by atoms with Gasteiger partial charge in [-0.25, -0.2) is 0 Å². The smallest absolute Gasteiger partial charge is 0.0632 e. The fourth-order valence-electron chi connectivity index (χ4n) is 3.35. The Labute approximate surface area is 106 Å². The molecule has 0 amide bonds. The van der Waals surface area contributed by atoms with E-state index in [1.54, 1.807) is 0 Å². The molecule has 1 heterocycles. The Morgan fingerprint density at radius 2 is 2.06 bits per heavy atom. The van der Waals surface area contributed by atoms with Gasteiger partial charge in [-0.2, -0.15) is 5.10 Å². The second-order valence-corrected chi connectivity index (χ2v) is 6.59. The summed E-state index contributed by atoms with van der Waals surface area (Å²) in [4.78, 5) is 0. The molecule has 0 saturated heterocycles. The Bertz CT molecular complexity index is 358. The number of hydrogen-bond donors (Lipinski definition) is 0. The highest BCUT2D eigenvalue weighted by atomic mass is 79.9. The molecule has 2 aliphatic rings. The molecule has 16 heavy (non-hydrogen) atoms. The first kappa shape index (κ1) is 10.8. The first-order valence-electron chi connectivity index (χ1n) is 6.44. The monoisotopic (exact) mass is 282 g/mol. The molecule has 0 aromatic carbocycles. The molecule has 3 heteroatoms. The first-order chi connectivity index (χ1) is 7.76. The van der Waals surface area contributed by atoms with Crippen LogP contribution in [-0.4, -0.2) is 9.78 Å². The van der Waals surface area contributed by atoms with Crippen LogP contribution < -0.4 is 0 Å². The molecule has 3 rings (SSSR count). The van der Waals surface area contributed by atoms with E-state index in [1.807, 2.05) is 6.20 Å². The van der Waals surface area contributed by atoms with Crippen LogP contribution in [0.25, 0.3) is 0 Å². The van der Waals surface area contributed by atoms with Crippen molar-refractivity contribution in [2.45, 2.75) is 51.5 Å². The van der Waals surface area contributed by atoms with Crippen LogP contribution in [0, 0.1) is 11.3 Å². The van der Waals surface area contributed by atoms with Crippen molar-refractivity contribution in [2.75, 3.05) is 0 Å². The van der Waals surface area contributed by atoms with Crippen molar-refractivity contribution in [3.8, 4) is 0 Å². The standard InChI is InChI=1S/C13H19BrN2/c14-12-8-15-16(10-12)9-11-2-6-13(7-3-11)4-1-5-13/h8,10-11H,1-7,9H2. The Hall–Kier alpha value is -0.310. The molecule has 0 N–H and O–H groups in total. The van der Waals surface area contributed by atoms with Crippen LogP contribution in [0.5, 0.6) is 0 Å². The zero-order valence-electron chi connectivity index (χ0n) is 9.66. The molecule has 2 saturated carbocycles. The van der Waals surface area contributed by atoms with Crippen LogP contribution in [0.15, 0.2) is 16.9 Å². The summed E-state index contributed by atoms with van der Waals surface area (Å²) in [6.45, 7) is 1.11. The lowest BCUT2D eigenvalue weighted by Gasteiger charge is -2.47. The normalized spacial score (nSPS) is 24.6. The van der Waals surface area contributed by atoms with E-state index in [4.69, 9.17) is 0 Å². The number of hydrogen-bond acceptors (Lipinski definition) is 1. The number of aromatic nitrogens is 2. The molecule has 2 nitrogen and oxygen atoms in total. The topological polar surface area (TPSA) is 17.8 Å². The van der Waals surface area contributed by atoms with E-state index in [9.17, 15) is 0 Å². The van der Waals surface area contributed by atoms with Crippen LogP contribution in [0.4, 0.5) is 0 Å². The van der Waals surface area contributed by atoms with Crippen LogP contribution >= 0.6 is 15.9 Å². The van der Waals surface area contributed by atoms with Crippen molar-refractivity contribution >= 4 is 15.9 Å². The predicted molar refractivity (Wildman–Crippen MR) is 68.2 cm³/mol. The van der Waals surface area contributed by atoms with Gasteiger partial charge in [0, 0.05) is 12.7 Å². The minimum Gasteiger partial charge on any atom is -0.271 e. The number of nitrogens with zero attached hydrogens (tertiary/aromatic N) is 2. The van der Waals surface area contributed by atoms with Crippen LogP contribution in [-0.2, 0) is 6.54 Å². The van der Waals surface area contributed by atoms with Gasteiger partial charge in [-0.15, -0.1) is 0 Å². The molecule has 1 spiro atoms. The van der Waals surface area contributed by atoms with E-state index in [1.165, 1.54) is 44.9 Å². The van der Waals surface area contributed by atoms with E-state index in [0.29, 0.717) is 0 Å². The van der Waals surface area contributed by atoms with Crippen molar-refractivity contribution in [3.63, 3.8) is 0 Å². The fraction of sp³-hybridized carbons (Fsp3) is 0.769. The summed E-state index contributed by atoms with van der Waals surface area (Å²) in [6, 6.07) is 0. The minimum absolute atomic E-state index is 0.793. The van der Waals surface area contributed by atoms with Crippen molar-refractivity contribution in [3.05, 3.63) is 16.9 Å². The Balaban J connectivity index is 1.54. The molecular weight excluding hydrogens is 264 g/mol. The van der Waals surface area contributed by atoms with E-state index in [-0.39, 0.29) is 0 Å². The summed E-state index contributed by atoms with van der Waals surface area (Å²) in [6.07, 6.45) is 14.2. The molecule has 0 bridgehead atoms. The molecule has 88 valence electrons. The van der Waals surface area contributed by atoms with Crippen molar-refractivity contribution in [1.29, 1.82) is 0 Å². The summed E-state index contributed by atoms with van der Waals surface area (Å²) >= 11 is 3.45. The molecular formula is C13H19BrN2. The maximum atomic E-state index is 4.35. The third-order valence-corrected chi connectivity index (χ3v) is 5.04. The maximum absolute atomic E-state index is 4.35. The molecule has 2 aliphatic carbocycles. The molecule has 1 aromatic rings. The number of rotatable bonds is 2. The highest BCUT2D eigenvalue weighted by Crippen LogP contribution is 2.52. The van der Waals surface area contributed by atoms with Gasteiger partial charge in [-0.3, -0.25) is 4.68 Å². The Kier molecular flexibility index (Phi) is 2.82. The highest BCUT2D eigenvalue weighted by molar-refractivity contribution is 9.10. The largest absolute Gasteiger partial charge is 0.271 e. The summed E-state index contributed by atoms with van der Waals surface area (Å²) < 4.78 is 3.19. The second kappa shape index (κ2) is 4.17. The van der Waals surface area contributed by atoms with Gasteiger partial charge >= 0.3 is 0 Å². The van der Waals surface area contributed by atoms with Crippen LogP contribution in [0.2, 0.25) is 0 Å². The first-order valence-corrected chi connectivity index (χ1v) is 7.23. The average Bonchev–Trinajstić information content (AvgIpc) is 2.63. The lowest BCUT2D eigenvalue weighted by Crippen LogP contribution is -2.34. The van der Waals surface area contributed by atoms with Crippen molar-refractivity contribution in [2.24, 2.45) is 11.3 Å². The van der Waals surface area contributed by atoms with Crippen molar-refractivity contribution in [1.82, 2.24) is 9.78 Å². The van der Waals surface area contributed by atoms with E-state index in [0.717, 1.165) is 22.4 Å². The van der Waals surface area contributed by atoms with E-state index in [2.05, 4.69) is 31.9 Å². The minimum atomic E-state index is 0.793. The third kappa shape index (κ3) is 2.06. The predicted octanol–water partition coefficient (Wildman–Crippen LogP) is 4.01. The van der Waals surface area contributed by atoms with Crippen LogP contribution in [0.3, 0.4) is 0 Å². The Morgan fingerprint density at radius 3 is 2.56 bits per heavy atom. The van der Waals surface area contributed by atoms with E-state index >= 15 is 0 Å². The summed E-state index contributed by atoms with van der Waals surface area (Å²) in [5.74, 6) is 0.859.